The van der Waals surface area contributed by atoms with E-state index in [-0.39, 0.29) is 0 Å². The van der Waals surface area contributed by atoms with Gasteiger partial charge in [-0.2, -0.15) is 10.1 Å². The zero-order chi connectivity index (χ0) is 13.8. The van der Waals surface area contributed by atoms with Crippen LogP contribution >= 0.6 is 0 Å². The Hall–Kier alpha value is -2.44. The number of ether oxygens (including phenoxy) is 1. The van der Waals surface area contributed by atoms with Crippen molar-refractivity contribution in [2.75, 3.05) is 19.0 Å². The van der Waals surface area contributed by atoms with Gasteiger partial charge in [-0.15, -0.1) is 0 Å². The van der Waals surface area contributed by atoms with Gasteiger partial charge in [-0.25, -0.2) is 14.5 Å². The number of nitrogens with zero attached hydrogens (tertiary/aromatic N) is 4. The van der Waals surface area contributed by atoms with Crippen molar-refractivity contribution in [1.82, 2.24) is 19.7 Å². The zero-order valence-electron chi connectivity index (χ0n) is 11.0. The number of anilines is 1. The molecule has 0 aliphatic rings. The number of aryl methyl sites for hydroxylation is 1. The maximum Gasteiger partial charge on any atom is 0.341 e. The molecule has 0 unspecified atom stereocenters. The molecule has 0 atom stereocenters. The SMILES string of the molecule is CCOC(=O)c1cnn(-c2cc(C)nc(NC)n2)c1. The number of esters is 1. The van der Waals surface area contributed by atoms with Gasteiger partial charge in [0.15, 0.2) is 5.82 Å². The molecule has 2 aromatic heterocycles. The third-order valence-corrected chi connectivity index (χ3v) is 2.39. The van der Waals surface area contributed by atoms with Crippen LogP contribution in [0.2, 0.25) is 0 Å². The Bertz CT molecular complexity index is 594. The lowest BCUT2D eigenvalue weighted by Crippen LogP contribution is -2.05. The van der Waals surface area contributed by atoms with Gasteiger partial charge in [0, 0.05) is 25.0 Å². The van der Waals surface area contributed by atoms with Crippen LogP contribution in [0.1, 0.15) is 23.0 Å². The lowest BCUT2D eigenvalue weighted by atomic mass is 10.4. The predicted octanol–water partition coefficient (Wildman–Crippen LogP) is 1.19. The fraction of sp³-hybridized carbons (Fsp3) is 0.333. The number of rotatable bonds is 4. The van der Waals surface area contributed by atoms with E-state index in [1.54, 1.807) is 26.2 Å². The maximum absolute atomic E-state index is 11.6. The molecule has 100 valence electrons. The molecule has 1 N–H and O–H groups in total. The Balaban J connectivity index is 2.32. The first-order valence-corrected chi connectivity index (χ1v) is 5.89. The average Bonchev–Trinajstić information content (AvgIpc) is 2.88. The Morgan fingerprint density at radius 3 is 2.95 bits per heavy atom. The van der Waals surface area contributed by atoms with Crippen molar-refractivity contribution >= 4 is 11.9 Å². The van der Waals surface area contributed by atoms with Crippen LogP contribution in [0.25, 0.3) is 5.82 Å². The molecule has 2 rings (SSSR count). The van der Waals surface area contributed by atoms with Crippen LogP contribution in [-0.4, -0.2) is 39.4 Å². The van der Waals surface area contributed by atoms with Gasteiger partial charge in [0.2, 0.25) is 5.95 Å². The summed E-state index contributed by atoms with van der Waals surface area (Å²) in [6.07, 6.45) is 3.04. The van der Waals surface area contributed by atoms with Gasteiger partial charge < -0.3 is 10.1 Å². The van der Waals surface area contributed by atoms with E-state index in [0.717, 1.165) is 5.69 Å². The summed E-state index contributed by atoms with van der Waals surface area (Å²) in [4.78, 5) is 20.0. The topological polar surface area (TPSA) is 81.9 Å². The summed E-state index contributed by atoms with van der Waals surface area (Å²) >= 11 is 0. The second-order valence-electron chi connectivity index (χ2n) is 3.84. The van der Waals surface area contributed by atoms with Crippen LogP contribution in [0, 0.1) is 6.92 Å². The minimum Gasteiger partial charge on any atom is -0.462 e. The fourth-order valence-electron chi connectivity index (χ4n) is 1.55. The number of hydrogen-bond acceptors (Lipinski definition) is 6. The quantitative estimate of drug-likeness (QED) is 0.832. The van der Waals surface area contributed by atoms with Gasteiger partial charge in [0.1, 0.15) is 0 Å². The van der Waals surface area contributed by atoms with E-state index < -0.39 is 5.97 Å². The second kappa shape index (κ2) is 5.47. The van der Waals surface area contributed by atoms with Gasteiger partial charge in [0.05, 0.1) is 18.4 Å². The van der Waals surface area contributed by atoms with E-state index in [1.165, 1.54) is 10.9 Å². The molecule has 2 heterocycles. The molecular formula is C12H15N5O2. The van der Waals surface area contributed by atoms with Crippen LogP contribution in [-0.2, 0) is 4.74 Å². The van der Waals surface area contributed by atoms with Crippen molar-refractivity contribution in [3.63, 3.8) is 0 Å². The largest absolute Gasteiger partial charge is 0.462 e. The van der Waals surface area contributed by atoms with E-state index >= 15 is 0 Å². The van der Waals surface area contributed by atoms with Crippen LogP contribution in [0.5, 0.6) is 0 Å². The van der Waals surface area contributed by atoms with Crippen LogP contribution in [0.3, 0.4) is 0 Å². The molecule has 0 amide bonds. The van der Waals surface area contributed by atoms with Gasteiger partial charge in [0.25, 0.3) is 0 Å². The van der Waals surface area contributed by atoms with Gasteiger partial charge >= 0.3 is 5.97 Å². The average molecular weight is 261 g/mol. The van der Waals surface area contributed by atoms with Crippen molar-refractivity contribution < 1.29 is 9.53 Å². The van der Waals surface area contributed by atoms with E-state index in [0.29, 0.717) is 23.9 Å². The minimum absolute atomic E-state index is 0.334. The lowest BCUT2D eigenvalue weighted by Gasteiger charge is -2.04. The summed E-state index contributed by atoms with van der Waals surface area (Å²) in [5.41, 5.74) is 1.20. The molecule has 7 heteroatoms. The summed E-state index contributed by atoms with van der Waals surface area (Å²) in [6, 6.07) is 1.78. The zero-order valence-corrected chi connectivity index (χ0v) is 11.0. The molecule has 0 aliphatic carbocycles. The summed E-state index contributed by atoms with van der Waals surface area (Å²) in [5, 5.41) is 6.98. The molecule has 0 fully saturated rings. The standard InChI is InChI=1S/C12H15N5O2/c1-4-19-11(18)9-6-14-17(7-9)10-5-8(2)15-12(13-3)16-10/h5-7H,4H2,1-3H3,(H,13,15,16). The Morgan fingerprint density at radius 1 is 1.47 bits per heavy atom. The minimum atomic E-state index is -0.395. The van der Waals surface area contributed by atoms with Gasteiger partial charge in [-0.05, 0) is 13.8 Å². The third-order valence-electron chi connectivity index (χ3n) is 2.39. The molecule has 2 aromatic rings. The highest BCUT2D eigenvalue weighted by Crippen LogP contribution is 2.10. The molecule has 0 spiro atoms. The highest BCUT2D eigenvalue weighted by atomic mass is 16.5. The number of nitrogens with one attached hydrogen (secondary N) is 1. The summed E-state index contributed by atoms with van der Waals surface area (Å²) in [7, 11) is 1.74. The van der Waals surface area contributed by atoms with E-state index in [2.05, 4.69) is 20.4 Å². The van der Waals surface area contributed by atoms with Gasteiger partial charge in [-0.1, -0.05) is 0 Å². The monoisotopic (exact) mass is 261 g/mol. The smallest absolute Gasteiger partial charge is 0.341 e. The summed E-state index contributed by atoms with van der Waals surface area (Å²) in [6.45, 7) is 3.96. The van der Waals surface area contributed by atoms with E-state index in [1.807, 2.05) is 6.92 Å². The molecular weight excluding hydrogens is 246 g/mol. The molecule has 0 aliphatic heterocycles. The second-order valence-corrected chi connectivity index (χ2v) is 3.84. The molecule has 0 saturated carbocycles. The number of hydrogen-bond donors (Lipinski definition) is 1. The molecule has 19 heavy (non-hydrogen) atoms. The van der Waals surface area contributed by atoms with Crippen LogP contribution < -0.4 is 5.32 Å². The van der Waals surface area contributed by atoms with Gasteiger partial charge in [-0.3, -0.25) is 0 Å². The Labute approximate surface area is 110 Å². The molecule has 0 radical (unpaired) electrons. The molecule has 0 bridgehead atoms. The number of carbonyl (C=O) groups excluding carboxylic acids is 1. The fourth-order valence-corrected chi connectivity index (χ4v) is 1.55. The van der Waals surface area contributed by atoms with Crippen molar-refractivity contribution in [3.05, 3.63) is 29.7 Å². The Morgan fingerprint density at radius 2 is 2.26 bits per heavy atom. The first-order chi connectivity index (χ1) is 9.13. The van der Waals surface area contributed by atoms with Crippen molar-refractivity contribution in [2.45, 2.75) is 13.8 Å². The first-order valence-electron chi connectivity index (χ1n) is 5.89. The first kappa shape index (κ1) is 13.0. The summed E-state index contributed by atoms with van der Waals surface area (Å²) in [5.74, 6) is 0.698. The third kappa shape index (κ3) is 2.87. The highest BCUT2D eigenvalue weighted by molar-refractivity contribution is 5.88. The van der Waals surface area contributed by atoms with Crippen LogP contribution in [0.15, 0.2) is 18.5 Å². The predicted molar refractivity (Wildman–Crippen MR) is 69.4 cm³/mol. The highest BCUT2D eigenvalue weighted by Gasteiger charge is 2.11. The number of carbonyl (C=O) groups is 1. The molecule has 7 nitrogen and oxygen atoms in total. The Kier molecular flexibility index (Phi) is 3.74. The van der Waals surface area contributed by atoms with Crippen LogP contribution in [0.4, 0.5) is 5.95 Å². The normalized spacial score (nSPS) is 10.3. The summed E-state index contributed by atoms with van der Waals surface area (Å²) < 4.78 is 6.42. The van der Waals surface area contributed by atoms with E-state index in [4.69, 9.17) is 4.74 Å². The van der Waals surface area contributed by atoms with Crippen molar-refractivity contribution in [3.8, 4) is 5.82 Å². The van der Waals surface area contributed by atoms with E-state index in [9.17, 15) is 4.79 Å². The van der Waals surface area contributed by atoms with Crippen molar-refractivity contribution in [1.29, 1.82) is 0 Å². The van der Waals surface area contributed by atoms with Crippen molar-refractivity contribution in [2.24, 2.45) is 0 Å². The number of aromatic nitrogens is 4. The molecule has 0 aromatic carbocycles. The molecule has 0 saturated heterocycles. The lowest BCUT2D eigenvalue weighted by molar-refractivity contribution is 0.0526. The maximum atomic E-state index is 11.6.